The molecule has 1 unspecified atom stereocenters. The lowest BCUT2D eigenvalue weighted by Gasteiger charge is -2.42. The summed E-state index contributed by atoms with van der Waals surface area (Å²) in [6, 6.07) is 6.34. The Bertz CT molecular complexity index is 546. The SMILES string of the molecule is O=C1C(N2CCN(CCO)CC2)CCCN1c1ccccc1F. The van der Waals surface area contributed by atoms with Crippen molar-refractivity contribution >= 4 is 11.6 Å². The third kappa shape index (κ3) is 3.54. The van der Waals surface area contributed by atoms with E-state index in [2.05, 4.69) is 9.80 Å². The van der Waals surface area contributed by atoms with Crippen LogP contribution in [0.5, 0.6) is 0 Å². The first-order valence-electron chi connectivity index (χ1n) is 8.34. The van der Waals surface area contributed by atoms with E-state index in [0.29, 0.717) is 18.8 Å². The zero-order valence-electron chi connectivity index (χ0n) is 13.3. The highest BCUT2D eigenvalue weighted by Crippen LogP contribution is 2.26. The lowest BCUT2D eigenvalue weighted by atomic mass is 10.0. The monoisotopic (exact) mass is 321 g/mol. The van der Waals surface area contributed by atoms with E-state index < -0.39 is 0 Å². The number of anilines is 1. The summed E-state index contributed by atoms with van der Waals surface area (Å²) in [5.41, 5.74) is 0.390. The molecule has 0 radical (unpaired) electrons. The van der Waals surface area contributed by atoms with Gasteiger partial charge in [0.1, 0.15) is 5.82 Å². The summed E-state index contributed by atoms with van der Waals surface area (Å²) < 4.78 is 14.0. The van der Waals surface area contributed by atoms with Crippen molar-refractivity contribution in [1.82, 2.24) is 9.80 Å². The van der Waals surface area contributed by atoms with E-state index >= 15 is 0 Å². The highest BCUT2D eigenvalue weighted by Gasteiger charge is 2.35. The second kappa shape index (κ2) is 7.38. The third-order valence-electron chi connectivity index (χ3n) is 4.82. The average molecular weight is 321 g/mol. The maximum absolute atomic E-state index is 14.0. The fourth-order valence-electron chi connectivity index (χ4n) is 3.54. The lowest BCUT2D eigenvalue weighted by Crippen LogP contribution is -2.58. The van der Waals surface area contributed by atoms with Crippen molar-refractivity contribution in [2.75, 3.05) is 50.8 Å². The molecule has 0 bridgehead atoms. The number of aliphatic hydroxyl groups is 1. The number of hydrogen-bond acceptors (Lipinski definition) is 4. The van der Waals surface area contributed by atoms with Gasteiger partial charge in [-0.2, -0.15) is 0 Å². The molecule has 0 spiro atoms. The van der Waals surface area contributed by atoms with Crippen LogP contribution in [0.3, 0.4) is 0 Å². The Kier molecular flexibility index (Phi) is 5.25. The number of carbonyl (C=O) groups is 1. The molecule has 0 aliphatic carbocycles. The lowest BCUT2D eigenvalue weighted by molar-refractivity contribution is -0.126. The summed E-state index contributed by atoms with van der Waals surface area (Å²) in [4.78, 5) is 18.9. The molecule has 2 fully saturated rings. The summed E-state index contributed by atoms with van der Waals surface area (Å²) in [7, 11) is 0. The van der Waals surface area contributed by atoms with Crippen LogP contribution in [-0.2, 0) is 4.79 Å². The second-order valence-corrected chi connectivity index (χ2v) is 6.20. The predicted molar refractivity (Wildman–Crippen MR) is 86.9 cm³/mol. The standard InChI is InChI=1S/C17H24FN3O2/c18-14-4-1-2-5-15(14)21-7-3-6-16(17(21)23)20-10-8-19(9-11-20)12-13-22/h1-2,4-5,16,22H,3,6-13H2. The van der Waals surface area contributed by atoms with Crippen molar-refractivity contribution in [2.24, 2.45) is 0 Å². The summed E-state index contributed by atoms with van der Waals surface area (Å²) in [5, 5.41) is 9.01. The Labute approximate surface area is 136 Å². The van der Waals surface area contributed by atoms with Crippen LogP contribution >= 0.6 is 0 Å². The molecule has 1 atom stereocenters. The number of amides is 1. The van der Waals surface area contributed by atoms with Crippen LogP contribution in [0.4, 0.5) is 10.1 Å². The second-order valence-electron chi connectivity index (χ2n) is 6.20. The number of benzene rings is 1. The van der Waals surface area contributed by atoms with Crippen molar-refractivity contribution in [2.45, 2.75) is 18.9 Å². The first-order chi connectivity index (χ1) is 11.2. The number of carbonyl (C=O) groups excluding carboxylic acids is 1. The van der Waals surface area contributed by atoms with Crippen LogP contribution in [0.25, 0.3) is 0 Å². The van der Waals surface area contributed by atoms with E-state index in [1.165, 1.54) is 6.07 Å². The van der Waals surface area contributed by atoms with Crippen molar-refractivity contribution in [3.63, 3.8) is 0 Å². The molecule has 1 aromatic carbocycles. The zero-order chi connectivity index (χ0) is 16.2. The summed E-state index contributed by atoms with van der Waals surface area (Å²) in [5.74, 6) is -0.328. The number of β-amino-alcohol motifs (C(OH)–C–C–N with tert-alkyl or cyclic N) is 1. The number of rotatable bonds is 4. The van der Waals surface area contributed by atoms with Crippen LogP contribution in [0.15, 0.2) is 24.3 Å². The van der Waals surface area contributed by atoms with Crippen LogP contribution in [0.2, 0.25) is 0 Å². The van der Waals surface area contributed by atoms with E-state index in [0.717, 1.165) is 39.0 Å². The van der Waals surface area contributed by atoms with E-state index in [1.54, 1.807) is 23.1 Å². The number of nitrogens with zero attached hydrogens (tertiary/aromatic N) is 3. The fourth-order valence-corrected chi connectivity index (χ4v) is 3.54. The molecule has 6 heteroatoms. The topological polar surface area (TPSA) is 47.0 Å². The molecule has 0 aromatic heterocycles. The first kappa shape index (κ1) is 16.4. The molecule has 1 N–H and O–H groups in total. The molecule has 126 valence electrons. The molecule has 2 aliphatic rings. The minimum absolute atomic E-state index is 0.0111. The van der Waals surface area contributed by atoms with Gasteiger partial charge in [0.25, 0.3) is 0 Å². The van der Waals surface area contributed by atoms with Crippen molar-refractivity contribution in [1.29, 1.82) is 0 Å². The molecule has 3 rings (SSSR count). The van der Waals surface area contributed by atoms with Gasteiger partial charge in [-0.1, -0.05) is 12.1 Å². The van der Waals surface area contributed by atoms with Crippen LogP contribution in [0.1, 0.15) is 12.8 Å². The maximum Gasteiger partial charge on any atom is 0.244 e. The van der Waals surface area contributed by atoms with Crippen LogP contribution in [0, 0.1) is 5.82 Å². The third-order valence-corrected chi connectivity index (χ3v) is 4.82. The maximum atomic E-state index is 14.0. The molecular weight excluding hydrogens is 297 g/mol. The van der Waals surface area contributed by atoms with Gasteiger partial charge in [0.15, 0.2) is 0 Å². The first-order valence-corrected chi connectivity index (χ1v) is 8.34. The van der Waals surface area contributed by atoms with Gasteiger partial charge in [-0.15, -0.1) is 0 Å². The van der Waals surface area contributed by atoms with Gasteiger partial charge in [-0.25, -0.2) is 4.39 Å². The Hall–Kier alpha value is -1.50. The molecule has 23 heavy (non-hydrogen) atoms. The number of hydrogen-bond donors (Lipinski definition) is 1. The number of aliphatic hydroxyl groups excluding tert-OH is 1. The van der Waals surface area contributed by atoms with Gasteiger partial charge in [-0.05, 0) is 25.0 Å². The van der Waals surface area contributed by atoms with E-state index in [4.69, 9.17) is 5.11 Å². The number of para-hydroxylation sites is 1. The summed E-state index contributed by atoms with van der Waals surface area (Å²) >= 11 is 0. The highest BCUT2D eigenvalue weighted by atomic mass is 19.1. The van der Waals surface area contributed by atoms with E-state index in [9.17, 15) is 9.18 Å². The molecule has 2 saturated heterocycles. The largest absolute Gasteiger partial charge is 0.395 e. The Balaban J connectivity index is 1.68. The van der Waals surface area contributed by atoms with Crippen LogP contribution in [-0.4, -0.2) is 72.7 Å². The minimum atomic E-state index is -0.339. The predicted octanol–water partition coefficient (Wildman–Crippen LogP) is 0.931. The molecule has 1 aromatic rings. The Morgan fingerprint density at radius 1 is 1.13 bits per heavy atom. The van der Waals surface area contributed by atoms with E-state index in [-0.39, 0.29) is 24.4 Å². The Morgan fingerprint density at radius 3 is 2.57 bits per heavy atom. The summed E-state index contributed by atoms with van der Waals surface area (Å²) in [6.45, 7) is 4.81. The van der Waals surface area contributed by atoms with Gasteiger partial charge in [0.2, 0.25) is 5.91 Å². The normalized spacial score (nSPS) is 24.2. The smallest absolute Gasteiger partial charge is 0.244 e. The fraction of sp³-hybridized carbons (Fsp3) is 0.588. The molecular formula is C17H24FN3O2. The quantitative estimate of drug-likeness (QED) is 0.896. The number of halogens is 1. The molecule has 2 aliphatic heterocycles. The zero-order valence-corrected chi connectivity index (χ0v) is 13.3. The van der Waals surface area contributed by atoms with Crippen molar-refractivity contribution in [3.8, 4) is 0 Å². The molecule has 2 heterocycles. The average Bonchev–Trinajstić information content (AvgIpc) is 2.57. The van der Waals surface area contributed by atoms with Gasteiger partial charge < -0.3 is 10.0 Å². The highest BCUT2D eigenvalue weighted by molar-refractivity contribution is 5.98. The van der Waals surface area contributed by atoms with Gasteiger partial charge >= 0.3 is 0 Å². The van der Waals surface area contributed by atoms with Crippen molar-refractivity contribution < 1.29 is 14.3 Å². The molecule has 0 saturated carbocycles. The van der Waals surface area contributed by atoms with Gasteiger partial charge in [0, 0.05) is 39.3 Å². The minimum Gasteiger partial charge on any atom is -0.395 e. The number of piperidine rings is 1. The molecule has 1 amide bonds. The summed E-state index contributed by atoms with van der Waals surface area (Å²) in [6.07, 6.45) is 1.73. The number of piperazine rings is 1. The Morgan fingerprint density at radius 2 is 1.87 bits per heavy atom. The molecule has 5 nitrogen and oxygen atoms in total. The van der Waals surface area contributed by atoms with Crippen LogP contribution < -0.4 is 4.90 Å². The van der Waals surface area contributed by atoms with Gasteiger partial charge in [-0.3, -0.25) is 14.6 Å². The van der Waals surface area contributed by atoms with Gasteiger partial charge in [0.05, 0.1) is 18.3 Å². The van der Waals surface area contributed by atoms with Crippen molar-refractivity contribution in [3.05, 3.63) is 30.1 Å². The van der Waals surface area contributed by atoms with E-state index in [1.807, 2.05) is 0 Å².